The van der Waals surface area contributed by atoms with Gasteiger partial charge < -0.3 is 10.1 Å². The molecule has 0 bridgehead atoms. The smallest absolute Gasteiger partial charge is 0.266 e. The molecule has 23 heavy (non-hydrogen) atoms. The van der Waals surface area contributed by atoms with Crippen molar-refractivity contribution in [2.24, 2.45) is 0 Å². The number of methoxy groups -OCH3 is 1. The second-order valence-electron chi connectivity index (χ2n) is 5.14. The van der Waals surface area contributed by atoms with Gasteiger partial charge in [0.05, 0.1) is 7.11 Å². The summed E-state index contributed by atoms with van der Waals surface area (Å²) in [6.45, 7) is 3.91. The van der Waals surface area contributed by atoms with Crippen molar-refractivity contribution >= 4 is 17.7 Å². The van der Waals surface area contributed by atoms with E-state index in [1.807, 2.05) is 38.1 Å². The minimum absolute atomic E-state index is 0.0519. The summed E-state index contributed by atoms with van der Waals surface area (Å²) in [5, 5.41) is 12.0. The van der Waals surface area contributed by atoms with Gasteiger partial charge in [0.15, 0.2) is 0 Å². The van der Waals surface area contributed by atoms with Crippen molar-refractivity contribution in [3.8, 4) is 11.8 Å². The van der Waals surface area contributed by atoms with Gasteiger partial charge in [0.25, 0.3) is 5.91 Å². The average Bonchev–Trinajstić information content (AvgIpc) is 2.57. The molecule has 0 unspecified atom stereocenters. The van der Waals surface area contributed by atoms with Crippen LogP contribution in [0.5, 0.6) is 5.75 Å². The summed E-state index contributed by atoms with van der Waals surface area (Å²) < 4.78 is 5.09. The molecule has 0 atom stereocenters. The van der Waals surface area contributed by atoms with Gasteiger partial charge in [0, 0.05) is 5.69 Å². The summed E-state index contributed by atoms with van der Waals surface area (Å²) >= 11 is 0. The molecule has 0 aliphatic carbocycles. The Bertz CT molecular complexity index is 784. The summed E-state index contributed by atoms with van der Waals surface area (Å²) in [7, 11) is 1.59. The third kappa shape index (κ3) is 3.98. The van der Waals surface area contributed by atoms with E-state index in [1.165, 1.54) is 0 Å². The Balaban J connectivity index is 2.22. The highest BCUT2D eigenvalue weighted by molar-refractivity contribution is 6.10. The van der Waals surface area contributed by atoms with Crippen molar-refractivity contribution in [2.45, 2.75) is 13.8 Å². The molecular weight excluding hydrogens is 288 g/mol. The summed E-state index contributed by atoms with van der Waals surface area (Å²) in [6, 6.07) is 14.8. The van der Waals surface area contributed by atoms with Crippen LogP contribution in [0.3, 0.4) is 0 Å². The van der Waals surface area contributed by atoms with Crippen molar-refractivity contribution in [2.75, 3.05) is 12.4 Å². The number of hydrogen-bond acceptors (Lipinski definition) is 3. The van der Waals surface area contributed by atoms with Crippen LogP contribution in [0.15, 0.2) is 48.0 Å². The fourth-order valence-corrected chi connectivity index (χ4v) is 2.09. The minimum atomic E-state index is -0.419. The highest BCUT2D eigenvalue weighted by Crippen LogP contribution is 2.19. The first kappa shape index (κ1) is 16.3. The topological polar surface area (TPSA) is 62.1 Å². The number of hydrogen-bond donors (Lipinski definition) is 1. The molecule has 4 nitrogen and oxygen atoms in total. The lowest BCUT2D eigenvalue weighted by molar-refractivity contribution is -0.112. The predicted octanol–water partition coefficient (Wildman–Crippen LogP) is 3.86. The molecule has 0 radical (unpaired) electrons. The monoisotopic (exact) mass is 306 g/mol. The molecule has 0 spiro atoms. The number of carbonyl (C=O) groups is 1. The van der Waals surface area contributed by atoms with E-state index in [-0.39, 0.29) is 5.57 Å². The van der Waals surface area contributed by atoms with E-state index in [0.717, 1.165) is 22.4 Å². The van der Waals surface area contributed by atoms with Crippen molar-refractivity contribution in [1.29, 1.82) is 5.26 Å². The SMILES string of the molecule is COc1ccc(/C=C(\C#N)C(=O)Nc2cccc(C)c2C)cc1. The first-order valence-electron chi connectivity index (χ1n) is 7.18. The fourth-order valence-electron chi connectivity index (χ4n) is 2.09. The first-order valence-corrected chi connectivity index (χ1v) is 7.18. The number of amides is 1. The first-order chi connectivity index (χ1) is 11.0. The van der Waals surface area contributed by atoms with Crippen LogP contribution >= 0.6 is 0 Å². The maximum atomic E-state index is 12.3. The number of nitrogens with zero attached hydrogens (tertiary/aromatic N) is 1. The third-order valence-corrected chi connectivity index (χ3v) is 3.64. The molecular formula is C19H18N2O2. The van der Waals surface area contributed by atoms with Crippen molar-refractivity contribution in [3.05, 3.63) is 64.7 Å². The molecule has 0 aliphatic heterocycles. The van der Waals surface area contributed by atoms with Gasteiger partial charge in [-0.15, -0.1) is 0 Å². The number of ether oxygens (including phenoxy) is 1. The molecule has 116 valence electrons. The normalized spacial score (nSPS) is 10.8. The van der Waals surface area contributed by atoms with Crippen molar-refractivity contribution < 1.29 is 9.53 Å². The van der Waals surface area contributed by atoms with E-state index >= 15 is 0 Å². The summed E-state index contributed by atoms with van der Waals surface area (Å²) in [5.74, 6) is 0.303. The Hall–Kier alpha value is -3.06. The summed E-state index contributed by atoms with van der Waals surface area (Å²) in [5.41, 5.74) is 3.60. The number of anilines is 1. The lowest BCUT2D eigenvalue weighted by Crippen LogP contribution is -2.14. The van der Waals surface area contributed by atoms with Crippen LogP contribution in [0, 0.1) is 25.2 Å². The van der Waals surface area contributed by atoms with Gasteiger partial charge in [-0.05, 0) is 54.8 Å². The van der Waals surface area contributed by atoms with Gasteiger partial charge in [0.1, 0.15) is 17.4 Å². The Labute approximate surface area is 136 Å². The average molecular weight is 306 g/mol. The maximum Gasteiger partial charge on any atom is 0.266 e. The highest BCUT2D eigenvalue weighted by atomic mass is 16.5. The van der Waals surface area contributed by atoms with Crippen LogP contribution in [-0.4, -0.2) is 13.0 Å². The lowest BCUT2D eigenvalue weighted by atomic mass is 10.1. The van der Waals surface area contributed by atoms with E-state index in [9.17, 15) is 10.1 Å². The van der Waals surface area contributed by atoms with Gasteiger partial charge in [-0.2, -0.15) is 5.26 Å². The van der Waals surface area contributed by atoms with E-state index < -0.39 is 5.91 Å². The zero-order valence-corrected chi connectivity index (χ0v) is 13.4. The molecule has 2 aromatic carbocycles. The van der Waals surface area contributed by atoms with Gasteiger partial charge in [-0.3, -0.25) is 4.79 Å². The van der Waals surface area contributed by atoms with Crippen molar-refractivity contribution in [1.82, 2.24) is 0 Å². The molecule has 1 N–H and O–H groups in total. The Morgan fingerprint density at radius 2 is 1.87 bits per heavy atom. The Morgan fingerprint density at radius 3 is 2.48 bits per heavy atom. The molecule has 0 aliphatic rings. The molecule has 0 saturated heterocycles. The zero-order chi connectivity index (χ0) is 16.8. The number of rotatable bonds is 4. The fraction of sp³-hybridized carbons (Fsp3) is 0.158. The standard InChI is InChI=1S/C19H18N2O2/c1-13-5-4-6-18(14(13)2)21-19(22)16(12-20)11-15-7-9-17(23-3)10-8-15/h4-11H,1-3H3,(H,21,22)/b16-11+. The van der Waals surface area contributed by atoms with Crippen molar-refractivity contribution in [3.63, 3.8) is 0 Å². The molecule has 0 fully saturated rings. The largest absolute Gasteiger partial charge is 0.497 e. The summed E-state index contributed by atoms with van der Waals surface area (Å²) in [6.07, 6.45) is 1.56. The summed E-state index contributed by atoms with van der Waals surface area (Å²) in [4.78, 5) is 12.3. The number of carbonyl (C=O) groups excluding carboxylic acids is 1. The number of benzene rings is 2. The quantitative estimate of drug-likeness (QED) is 0.689. The van der Waals surface area contributed by atoms with E-state index in [4.69, 9.17) is 4.74 Å². The van der Waals surface area contributed by atoms with Crippen LogP contribution in [0.25, 0.3) is 6.08 Å². The second kappa shape index (κ2) is 7.28. The maximum absolute atomic E-state index is 12.3. The lowest BCUT2D eigenvalue weighted by Gasteiger charge is -2.09. The van der Waals surface area contributed by atoms with E-state index in [0.29, 0.717) is 5.69 Å². The second-order valence-corrected chi connectivity index (χ2v) is 5.14. The molecule has 0 heterocycles. The molecule has 4 heteroatoms. The van der Waals surface area contributed by atoms with Crippen LogP contribution in [0.2, 0.25) is 0 Å². The number of aryl methyl sites for hydroxylation is 1. The molecule has 0 aromatic heterocycles. The van der Waals surface area contributed by atoms with Gasteiger partial charge in [-0.1, -0.05) is 24.3 Å². The third-order valence-electron chi connectivity index (χ3n) is 3.64. The molecule has 2 rings (SSSR count). The van der Waals surface area contributed by atoms with Gasteiger partial charge in [0.2, 0.25) is 0 Å². The van der Waals surface area contributed by atoms with Crippen LogP contribution in [0.4, 0.5) is 5.69 Å². The molecule has 0 saturated carbocycles. The van der Waals surface area contributed by atoms with Gasteiger partial charge in [-0.25, -0.2) is 0 Å². The van der Waals surface area contributed by atoms with Crippen LogP contribution < -0.4 is 10.1 Å². The van der Waals surface area contributed by atoms with E-state index in [2.05, 4.69) is 5.32 Å². The zero-order valence-electron chi connectivity index (χ0n) is 13.4. The number of nitrogens with one attached hydrogen (secondary N) is 1. The molecule has 2 aromatic rings. The van der Waals surface area contributed by atoms with Crippen LogP contribution in [-0.2, 0) is 4.79 Å². The molecule has 1 amide bonds. The number of nitriles is 1. The van der Waals surface area contributed by atoms with Crippen LogP contribution in [0.1, 0.15) is 16.7 Å². The van der Waals surface area contributed by atoms with Gasteiger partial charge >= 0.3 is 0 Å². The highest BCUT2D eigenvalue weighted by Gasteiger charge is 2.11. The Kier molecular flexibility index (Phi) is 5.16. The Morgan fingerprint density at radius 1 is 1.17 bits per heavy atom. The predicted molar refractivity (Wildman–Crippen MR) is 91.1 cm³/mol. The minimum Gasteiger partial charge on any atom is -0.497 e. The van der Waals surface area contributed by atoms with E-state index in [1.54, 1.807) is 37.5 Å².